The number of hydrogen-bond donors (Lipinski definition) is 1. The molecule has 0 fully saturated rings. The predicted octanol–water partition coefficient (Wildman–Crippen LogP) is 5.94. The van der Waals surface area contributed by atoms with E-state index in [4.69, 9.17) is 9.15 Å². The number of aromatic amines is 1. The molecule has 1 N–H and O–H groups in total. The Kier molecular flexibility index (Phi) is 5.47. The Hall–Kier alpha value is -3.84. The van der Waals surface area contributed by atoms with Crippen LogP contribution in [0.15, 0.2) is 94.7 Å². The molecule has 0 aliphatic carbocycles. The number of benzene rings is 3. The van der Waals surface area contributed by atoms with Gasteiger partial charge >= 0.3 is 0 Å². The third kappa shape index (κ3) is 3.90. The highest BCUT2D eigenvalue weighted by atomic mass is 32.2. The lowest BCUT2D eigenvalue weighted by atomic mass is 10.0. The maximum Gasteiger partial charge on any atom is 0.277 e. The fourth-order valence-corrected chi connectivity index (χ4v) is 4.47. The molecule has 158 valence electrons. The van der Waals surface area contributed by atoms with Crippen molar-refractivity contribution in [2.75, 3.05) is 7.11 Å². The lowest BCUT2D eigenvalue weighted by molar-refractivity contribution is 0.0990. The van der Waals surface area contributed by atoms with E-state index in [9.17, 15) is 4.79 Å². The smallest absolute Gasteiger partial charge is 0.277 e. The summed E-state index contributed by atoms with van der Waals surface area (Å²) in [5, 5.41) is 9.04. The van der Waals surface area contributed by atoms with Crippen LogP contribution < -0.4 is 4.74 Å². The number of ketones is 1. The van der Waals surface area contributed by atoms with Gasteiger partial charge in [-0.1, -0.05) is 48.5 Å². The van der Waals surface area contributed by atoms with Crippen LogP contribution in [0.4, 0.5) is 0 Å². The Morgan fingerprint density at radius 3 is 2.50 bits per heavy atom. The molecule has 3 aromatic carbocycles. The number of hydrogen-bond acceptors (Lipinski definition) is 6. The van der Waals surface area contributed by atoms with Crippen molar-refractivity contribution in [2.24, 2.45) is 0 Å². The van der Waals surface area contributed by atoms with Crippen molar-refractivity contribution in [3.05, 3.63) is 96.2 Å². The molecular weight excluding hydrogens is 422 g/mol. The van der Waals surface area contributed by atoms with Gasteiger partial charge in [-0.25, -0.2) is 0 Å². The number of para-hydroxylation sites is 1. The van der Waals surface area contributed by atoms with Gasteiger partial charge in [-0.2, -0.15) is 0 Å². The van der Waals surface area contributed by atoms with Crippen LogP contribution >= 0.6 is 11.8 Å². The fourth-order valence-electron chi connectivity index (χ4n) is 3.53. The lowest BCUT2D eigenvalue weighted by Gasteiger charge is -2.13. The second-order valence-electron chi connectivity index (χ2n) is 7.12. The Balaban J connectivity index is 1.47. The summed E-state index contributed by atoms with van der Waals surface area (Å²) in [5.41, 5.74) is 3.21. The summed E-state index contributed by atoms with van der Waals surface area (Å²) in [6.07, 6.45) is 1.76. The molecule has 0 bridgehead atoms. The quantitative estimate of drug-likeness (QED) is 0.249. The summed E-state index contributed by atoms with van der Waals surface area (Å²) >= 11 is 1.25. The number of nitrogens with zero attached hydrogens (tertiary/aromatic N) is 2. The fraction of sp³-hybridized carbons (Fsp3) is 0.0800. The highest BCUT2D eigenvalue weighted by Gasteiger charge is 2.27. The minimum Gasteiger partial charge on any atom is -0.497 e. The van der Waals surface area contributed by atoms with Crippen LogP contribution in [0.2, 0.25) is 0 Å². The average Bonchev–Trinajstić information content (AvgIpc) is 3.50. The Bertz CT molecular complexity index is 1360. The van der Waals surface area contributed by atoms with Gasteiger partial charge in [0.15, 0.2) is 5.78 Å². The van der Waals surface area contributed by atoms with Gasteiger partial charge in [0.05, 0.1) is 7.11 Å². The van der Waals surface area contributed by atoms with E-state index in [1.165, 1.54) is 11.8 Å². The third-order valence-electron chi connectivity index (χ3n) is 5.16. The Morgan fingerprint density at radius 2 is 1.72 bits per heavy atom. The van der Waals surface area contributed by atoms with Crippen molar-refractivity contribution in [1.82, 2.24) is 15.2 Å². The van der Waals surface area contributed by atoms with E-state index >= 15 is 0 Å². The zero-order valence-electron chi connectivity index (χ0n) is 17.2. The molecule has 5 aromatic rings. The van der Waals surface area contributed by atoms with E-state index in [1.54, 1.807) is 13.3 Å². The van der Waals surface area contributed by atoms with Crippen LogP contribution in [-0.4, -0.2) is 28.1 Å². The van der Waals surface area contributed by atoms with Crippen molar-refractivity contribution in [1.29, 1.82) is 0 Å². The number of nitrogens with one attached hydrogen (secondary N) is 1. The van der Waals surface area contributed by atoms with Crippen LogP contribution in [0.3, 0.4) is 0 Å². The summed E-state index contributed by atoms with van der Waals surface area (Å²) in [5.74, 6) is 1.11. The molecule has 0 radical (unpaired) electrons. The highest BCUT2D eigenvalue weighted by molar-refractivity contribution is 8.00. The number of aromatic nitrogens is 3. The maximum absolute atomic E-state index is 13.6. The zero-order valence-corrected chi connectivity index (χ0v) is 18.0. The normalized spacial score (nSPS) is 12.0. The van der Waals surface area contributed by atoms with Gasteiger partial charge < -0.3 is 14.1 Å². The molecule has 0 saturated carbocycles. The first-order chi connectivity index (χ1) is 15.7. The summed E-state index contributed by atoms with van der Waals surface area (Å²) in [6.45, 7) is 0. The SMILES string of the molecule is COc1ccc(-c2nnc(S[C@H](C(=O)c3c[nH]c4ccccc34)c3ccccc3)o2)cc1. The maximum atomic E-state index is 13.6. The molecule has 0 saturated heterocycles. The van der Waals surface area contributed by atoms with Gasteiger partial charge in [0, 0.05) is 28.2 Å². The number of Topliss-reactive ketones (excluding diaryl/α,β-unsaturated/α-hetero) is 1. The molecule has 2 aromatic heterocycles. The topological polar surface area (TPSA) is 81.0 Å². The molecular formula is C25H19N3O3S. The van der Waals surface area contributed by atoms with Gasteiger partial charge in [-0.05, 0) is 47.7 Å². The van der Waals surface area contributed by atoms with E-state index in [-0.39, 0.29) is 5.78 Å². The molecule has 0 aliphatic rings. The Morgan fingerprint density at radius 1 is 0.969 bits per heavy atom. The molecule has 0 spiro atoms. The highest BCUT2D eigenvalue weighted by Crippen LogP contribution is 2.39. The molecule has 2 heterocycles. The minimum atomic E-state index is -0.528. The second-order valence-corrected chi connectivity index (χ2v) is 8.18. The number of rotatable bonds is 7. The number of methoxy groups -OCH3 is 1. The van der Waals surface area contributed by atoms with Crippen molar-refractivity contribution < 1.29 is 13.9 Å². The van der Waals surface area contributed by atoms with Gasteiger partial charge in [-0.3, -0.25) is 4.79 Å². The molecule has 1 atom stereocenters. The standard InChI is InChI=1S/C25H19N3O3S/c1-30-18-13-11-17(12-14-18)24-27-28-25(31-24)32-23(16-7-3-2-4-8-16)22(29)20-15-26-21-10-6-5-9-19(20)21/h2-15,23,26H,1H3/t23-/m0/s1. The van der Waals surface area contributed by atoms with Gasteiger partial charge in [0.2, 0.25) is 5.89 Å². The monoisotopic (exact) mass is 441 g/mol. The van der Waals surface area contributed by atoms with E-state index < -0.39 is 5.25 Å². The zero-order chi connectivity index (χ0) is 21.9. The van der Waals surface area contributed by atoms with Crippen molar-refractivity contribution in [2.45, 2.75) is 10.5 Å². The average molecular weight is 442 g/mol. The molecule has 0 amide bonds. The first kappa shape index (κ1) is 20.1. The molecule has 0 unspecified atom stereocenters. The number of fused-ring (bicyclic) bond motifs is 1. The number of ether oxygens (including phenoxy) is 1. The van der Waals surface area contributed by atoms with Crippen molar-refractivity contribution in [3.8, 4) is 17.2 Å². The van der Waals surface area contributed by atoms with Gasteiger partial charge in [0.1, 0.15) is 11.0 Å². The van der Waals surface area contributed by atoms with E-state index in [2.05, 4.69) is 15.2 Å². The van der Waals surface area contributed by atoms with Crippen LogP contribution in [0.5, 0.6) is 5.75 Å². The molecule has 6 nitrogen and oxygen atoms in total. The minimum absolute atomic E-state index is 0.0251. The van der Waals surface area contributed by atoms with Crippen LogP contribution in [0.1, 0.15) is 21.2 Å². The molecule has 7 heteroatoms. The number of H-pyrrole nitrogens is 1. The number of carbonyl (C=O) groups excluding carboxylic acids is 1. The van der Waals surface area contributed by atoms with Crippen LogP contribution in [-0.2, 0) is 0 Å². The van der Waals surface area contributed by atoms with Crippen molar-refractivity contribution >= 4 is 28.4 Å². The summed E-state index contributed by atoms with van der Waals surface area (Å²) in [7, 11) is 1.62. The molecule has 32 heavy (non-hydrogen) atoms. The number of thioether (sulfide) groups is 1. The number of carbonyl (C=O) groups is 1. The summed E-state index contributed by atoms with van der Waals surface area (Å²) in [6, 6.07) is 24.8. The largest absolute Gasteiger partial charge is 0.497 e. The van der Waals surface area contributed by atoms with Gasteiger partial charge in [0.25, 0.3) is 5.22 Å². The first-order valence-electron chi connectivity index (χ1n) is 10.0. The van der Waals surface area contributed by atoms with Crippen molar-refractivity contribution in [3.63, 3.8) is 0 Å². The lowest BCUT2D eigenvalue weighted by Crippen LogP contribution is -2.09. The summed E-state index contributed by atoms with van der Waals surface area (Å²) in [4.78, 5) is 16.8. The second kappa shape index (κ2) is 8.72. The van der Waals surface area contributed by atoms with E-state index in [1.807, 2.05) is 78.9 Å². The predicted molar refractivity (Wildman–Crippen MR) is 124 cm³/mol. The first-order valence-corrected chi connectivity index (χ1v) is 10.9. The Labute approximate surface area is 188 Å². The summed E-state index contributed by atoms with van der Waals surface area (Å²) < 4.78 is 11.1. The molecule has 0 aliphatic heterocycles. The van der Waals surface area contributed by atoms with E-state index in [0.29, 0.717) is 16.7 Å². The van der Waals surface area contributed by atoms with E-state index in [0.717, 1.165) is 27.8 Å². The molecule has 5 rings (SSSR count). The van der Waals surface area contributed by atoms with Gasteiger partial charge in [-0.15, -0.1) is 10.2 Å². The third-order valence-corrected chi connectivity index (χ3v) is 6.25. The van der Waals surface area contributed by atoms with Crippen LogP contribution in [0, 0.1) is 0 Å². The van der Waals surface area contributed by atoms with Crippen LogP contribution in [0.25, 0.3) is 22.4 Å².